The zero-order valence-electron chi connectivity index (χ0n) is 17.2. The Morgan fingerprint density at radius 3 is 2.24 bits per heavy atom. The van der Waals surface area contributed by atoms with Crippen LogP contribution in [0, 0.1) is 11.5 Å². The standard InChI is InChI=1S/C21H24N4O2SSi/c1-25(2)19-10-6-9-18-17(19)8-7-11-20(18)28(26,27)24-21-13-12-16(22-23-21)14-15-29(3,4)5/h6-13H,1-5H3,(H,23,24). The van der Waals surface area contributed by atoms with Gasteiger partial charge in [-0.2, -0.15) is 0 Å². The van der Waals surface area contributed by atoms with Crippen LogP contribution < -0.4 is 9.62 Å². The van der Waals surface area contributed by atoms with Gasteiger partial charge in [-0.3, -0.25) is 4.72 Å². The van der Waals surface area contributed by atoms with Gasteiger partial charge in [-0.25, -0.2) is 8.42 Å². The number of benzene rings is 2. The summed E-state index contributed by atoms with van der Waals surface area (Å²) in [6.07, 6.45) is 0. The SMILES string of the molecule is CN(C)c1cccc2c(S(=O)(=O)Nc3ccc(C#C[Si](C)(C)C)nn3)cccc12. The van der Waals surface area contributed by atoms with E-state index in [2.05, 4.69) is 46.0 Å². The van der Waals surface area contributed by atoms with Crippen molar-refractivity contribution in [3.63, 3.8) is 0 Å². The van der Waals surface area contributed by atoms with E-state index in [0.29, 0.717) is 11.1 Å². The summed E-state index contributed by atoms with van der Waals surface area (Å²) in [6, 6.07) is 14.1. The average Bonchev–Trinajstić information content (AvgIpc) is 2.65. The van der Waals surface area contributed by atoms with Gasteiger partial charge >= 0.3 is 0 Å². The Morgan fingerprint density at radius 2 is 1.62 bits per heavy atom. The Balaban J connectivity index is 1.94. The highest BCUT2D eigenvalue weighted by atomic mass is 32.2. The smallest absolute Gasteiger partial charge is 0.263 e. The van der Waals surface area contributed by atoms with Gasteiger partial charge in [0.05, 0.1) is 4.90 Å². The molecule has 1 N–H and O–H groups in total. The van der Waals surface area contributed by atoms with Gasteiger partial charge in [-0.05, 0) is 24.3 Å². The molecule has 0 unspecified atom stereocenters. The summed E-state index contributed by atoms with van der Waals surface area (Å²) < 4.78 is 28.6. The lowest BCUT2D eigenvalue weighted by atomic mass is 10.1. The van der Waals surface area contributed by atoms with Crippen LogP contribution in [0.1, 0.15) is 5.69 Å². The lowest BCUT2D eigenvalue weighted by molar-refractivity contribution is 0.601. The highest BCUT2D eigenvalue weighted by molar-refractivity contribution is 7.93. The van der Waals surface area contributed by atoms with E-state index in [9.17, 15) is 8.42 Å². The van der Waals surface area contributed by atoms with Crippen LogP contribution in [-0.4, -0.2) is 40.8 Å². The normalized spacial score (nSPS) is 11.6. The summed E-state index contributed by atoms with van der Waals surface area (Å²) in [5.74, 6) is 3.16. The molecule has 0 radical (unpaired) electrons. The summed E-state index contributed by atoms with van der Waals surface area (Å²) in [7, 11) is -1.50. The summed E-state index contributed by atoms with van der Waals surface area (Å²) in [6.45, 7) is 6.42. The van der Waals surface area contributed by atoms with Crippen molar-refractivity contribution in [2.45, 2.75) is 24.5 Å². The van der Waals surface area contributed by atoms with Crippen LogP contribution in [0.4, 0.5) is 11.5 Å². The van der Waals surface area contributed by atoms with E-state index in [1.165, 1.54) is 0 Å². The molecule has 2 aromatic carbocycles. The molecule has 0 amide bonds. The van der Waals surface area contributed by atoms with E-state index in [1.807, 2.05) is 37.2 Å². The maximum absolute atomic E-state index is 13.0. The number of sulfonamides is 1. The second kappa shape index (κ2) is 7.85. The van der Waals surface area contributed by atoms with E-state index in [1.54, 1.807) is 30.3 Å². The highest BCUT2D eigenvalue weighted by Crippen LogP contribution is 2.30. The van der Waals surface area contributed by atoms with E-state index in [0.717, 1.165) is 11.1 Å². The number of rotatable bonds is 4. The highest BCUT2D eigenvalue weighted by Gasteiger charge is 2.19. The Kier molecular flexibility index (Phi) is 5.64. The van der Waals surface area contributed by atoms with Gasteiger partial charge in [0.2, 0.25) is 0 Å². The molecule has 0 aliphatic carbocycles. The van der Waals surface area contributed by atoms with E-state index < -0.39 is 18.1 Å². The van der Waals surface area contributed by atoms with Crippen LogP contribution in [0.15, 0.2) is 53.4 Å². The first-order valence-corrected chi connectivity index (χ1v) is 14.1. The number of hydrogen-bond donors (Lipinski definition) is 1. The van der Waals surface area contributed by atoms with Crippen molar-refractivity contribution in [3.05, 3.63) is 54.2 Å². The summed E-state index contributed by atoms with van der Waals surface area (Å²) in [5.41, 5.74) is 4.68. The minimum atomic E-state index is -3.83. The van der Waals surface area contributed by atoms with Crippen LogP contribution in [0.5, 0.6) is 0 Å². The fourth-order valence-electron chi connectivity index (χ4n) is 2.79. The second-order valence-corrected chi connectivity index (χ2v) is 14.3. The third-order valence-electron chi connectivity index (χ3n) is 4.10. The predicted molar refractivity (Wildman–Crippen MR) is 121 cm³/mol. The molecule has 0 saturated heterocycles. The Bertz CT molecular complexity index is 1210. The van der Waals surface area contributed by atoms with E-state index >= 15 is 0 Å². The first-order valence-electron chi connectivity index (χ1n) is 9.16. The Labute approximate surface area is 173 Å². The summed E-state index contributed by atoms with van der Waals surface area (Å²) >= 11 is 0. The van der Waals surface area contributed by atoms with Crippen LogP contribution in [0.2, 0.25) is 19.6 Å². The molecule has 0 saturated carbocycles. The van der Waals surface area contributed by atoms with Crippen molar-refractivity contribution in [2.24, 2.45) is 0 Å². The van der Waals surface area contributed by atoms with Crippen LogP contribution in [0.25, 0.3) is 10.8 Å². The molecule has 6 nitrogen and oxygen atoms in total. The molecular formula is C21H24N4O2SSi. The fourth-order valence-corrected chi connectivity index (χ4v) is 4.51. The molecule has 3 aromatic rings. The number of nitrogens with one attached hydrogen (secondary N) is 1. The van der Waals surface area contributed by atoms with Crippen LogP contribution in [0.3, 0.4) is 0 Å². The topological polar surface area (TPSA) is 75.2 Å². The molecule has 0 aliphatic rings. The maximum atomic E-state index is 13.0. The molecule has 8 heteroatoms. The van der Waals surface area contributed by atoms with Crippen molar-refractivity contribution < 1.29 is 8.42 Å². The van der Waals surface area contributed by atoms with Gasteiger partial charge in [0, 0.05) is 30.6 Å². The molecule has 0 bridgehead atoms. The molecule has 0 atom stereocenters. The average molecular weight is 425 g/mol. The van der Waals surface area contributed by atoms with Crippen molar-refractivity contribution >= 4 is 40.4 Å². The van der Waals surface area contributed by atoms with Crippen molar-refractivity contribution in [2.75, 3.05) is 23.7 Å². The zero-order chi connectivity index (χ0) is 21.2. The summed E-state index contributed by atoms with van der Waals surface area (Å²) in [4.78, 5) is 2.15. The molecular weight excluding hydrogens is 400 g/mol. The number of anilines is 2. The Hall–Kier alpha value is -2.89. The van der Waals surface area contributed by atoms with Crippen LogP contribution >= 0.6 is 0 Å². The van der Waals surface area contributed by atoms with Gasteiger partial charge < -0.3 is 4.90 Å². The lowest BCUT2D eigenvalue weighted by Crippen LogP contribution is -2.16. The molecule has 0 fully saturated rings. The monoisotopic (exact) mass is 424 g/mol. The third kappa shape index (κ3) is 4.94. The largest absolute Gasteiger partial charge is 0.377 e. The lowest BCUT2D eigenvalue weighted by Gasteiger charge is -2.17. The molecule has 29 heavy (non-hydrogen) atoms. The van der Waals surface area contributed by atoms with Crippen LogP contribution in [-0.2, 0) is 10.0 Å². The van der Waals surface area contributed by atoms with Gasteiger partial charge in [0.1, 0.15) is 13.8 Å². The minimum Gasteiger partial charge on any atom is -0.377 e. The zero-order valence-corrected chi connectivity index (χ0v) is 19.0. The van der Waals surface area contributed by atoms with E-state index in [4.69, 9.17) is 0 Å². The first kappa shape index (κ1) is 20.8. The number of fused-ring (bicyclic) bond motifs is 1. The number of aromatic nitrogens is 2. The molecule has 1 aromatic heterocycles. The number of hydrogen-bond acceptors (Lipinski definition) is 5. The van der Waals surface area contributed by atoms with Gasteiger partial charge in [-0.15, -0.1) is 15.7 Å². The third-order valence-corrected chi connectivity index (χ3v) is 6.39. The van der Waals surface area contributed by atoms with Crippen molar-refractivity contribution in [1.29, 1.82) is 0 Å². The molecule has 0 spiro atoms. The first-order chi connectivity index (χ1) is 13.6. The second-order valence-electron chi connectivity index (χ2n) is 7.93. The molecule has 3 rings (SSSR count). The van der Waals surface area contributed by atoms with E-state index in [-0.39, 0.29) is 10.7 Å². The Morgan fingerprint density at radius 1 is 0.931 bits per heavy atom. The van der Waals surface area contributed by atoms with Gasteiger partial charge in [0.15, 0.2) is 5.82 Å². The molecule has 1 heterocycles. The van der Waals surface area contributed by atoms with Crippen molar-refractivity contribution in [1.82, 2.24) is 10.2 Å². The predicted octanol–water partition coefficient (Wildman–Crippen LogP) is 3.73. The van der Waals surface area contributed by atoms with Gasteiger partial charge in [-0.1, -0.05) is 49.8 Å². The maximum Gasteiger partial charge on any atom is 0.263 e. The van der Waals surface area contributed by atoms with Gasteiger partial charge in [0.25, 0.3) is 10.0 Å². The number of nitrogens with zero attached hydrogens (tertiary/aromatic N) is 3. The minimum absolute atomic E-state index is 0.157. The molecule has 0 aliphatic heterocycles. The fraction of sp³-hybridized carbons (Fsp3) is 0.238. The quantitative estimate of drug-likeness (QED) is 0.510. The van der Waals surface area contributed by atoms with Crippen molar-refractivity contribution in [3.8, 4) is 11.5 Å². The molecule has 150 valence electrons. The summed E-state index contributed by atoms with van der Waals surface area (Å²) in [5, 5.41) is 9.52.